The van der Waals surface area contributed by atoms with Gasteiger partial charge in [-0.1, -0.05) is 249 Å². The van der Waals surface area contributed by atoms with E-state index in [0.717, 1.165) is 0 Å². The molecule has 74 heavy (non-hydrogen) atoms. The SMILES string of the molecule is CC(C)(C)c1ccc(-c2c(-c3ccc(C(C)(C)C)cc3)n3c4c(cc5ccccc5c24)B2c4c-3ccc3c4-n4c5c2cc([Si](C)(C)C)cc5c2cc([Si](C)(C)C)cc(c24)C32c3ccccc3-c3ccccc32)cc1. The highest BCUT2D eigenvalue weighted by molar-refractivity contribution is 7.01. The quantitative estimate of drug-likeness (QED) is 0.156. The van der Waals surface area contributed by atoms with Crippen LogP contribution in [0.4, 0.5) is 0 Å². The van der Waals surface area contributed by atoms with Crippen LogP contribution in [0.2, 0.25) is 39.3 Å². The van der Waals surface area contributed by atoms with Crippen molar-refractivity contribution >= 4 is 93.1 Å². The number of hydrogen-bond donors (Lipinski definition) is 0. The molecule has 2 nitrogen and oxygen atoms in total. The minimum atomic E-state index is -1.87. The van der Waals surface area contributed by atoms with Crippen LogP contribution in [0.15, 0.2) is 164 Å². The molecule has 0 atom stereocenters. The summed E-state index contributed by atoms with van der Waals surface area (Å²) in [5.74, 6) is 0. The van der Waals surface area contributed by atoms with Crippen molar-refractivity contribution in [1.29, 1.82) is 0 Å². The van der Waals surface area contributed by atoms with Gasteiger partial charge in [-0.05, 0) is 99.7 Å². The Labute approximate surface area is 438 Å². The highest BCUT2D eigenvalue weighted by atomic mass is 28.3. The summed E-state index contributed by atoms with van der Waals surface area (Å²) >= 11 is 0. The maximum absolute atomic E-state index is 2.81. The number of fused-ring (bicyclic) bond motifs is 13. The van der Waals surface area contributed by atoms with Crippen molar-refractivity contribution in [3.8, 4) is 44.9 Å². The van der Waals surface area contributed by atoms with E-state index in [1.165, 1.54) is 149 Å². The molecule has 5 heterocycles. The highest BCUT2D eigenvalue weighted by Gasteiger charge is 2.55. The lowest BCUT2D eigenvalue weighted by molar-refractivity contribution is 0.590. The summed E-state index contributed by atoms with van der Waals surface area (Å²) in [7, 11) is -3.73. The fourth-order valence-corrected chi connectivity index (χ4v) is 16.8. The molecule has 1 spiro atoms. The summed E-state index contributed by atoms with van der Waals surface area (Å²) < 4.78 is 5.56. The molecule has 360 valence electrons. The van der Waals surface area contributed by atoms with E-state index in [9.17, 15) is 0 Å². The van der Waals surface area contributed by atoms with Crippen LogP contribution in [0.5, 0.6) is 0 Å². The molecule has 0 saturated carbocycles. The number of benzene rings is 9. The predicted octanol–water partition coefficient (Wildman–Crippen LogP) is 14.7. The van der Waals surface area contributed by atoms with Crippen LogP contribution in [0, 0.1) is 0 Å². The maximum Gasteiger partial charge on any atom is 0.252 e. The molecule has 1 aliphatic carbocycles. The Hall–Kier alpha value is -6.92. The summed E-state index contributed by atoms with van der Waals surface area (Å²) in [5.41, 5.74) is 26.8. The lowest BCUT2D eigenvalue weighted by atomic mass is 9.33. The fraction of sp³-hybridized carbons (Fsp3) is 0.217. The second-order valence-corrected chi connectivity index (χ2v) is 36.7. The van der Waals surface area contributed by atoms with Crippen LogP contribution in [0.1, 0.15) is 74.9 Å². The van der Waals surface area contributed by atoms with Crippen LogP contribution >= 0.6 is 0 Å². The Morgan fingerprint density at radius 3 is 1.59 bits per heavy atom. The summed E-state index contributed by atoms with van der Waals surface area (Å²) in [5, 5.41) is 9.85. The zero-order valence-corrected chi connectivity index (χ0v) is 47.1. The number of hydrogen-bond acceptors (Lipinski definition) is 0. The first-order chi connectivity index (χ1) is 35.3. The standard InChI is InChI=1S/C69H63BN2Si2/c1-67(2,3)43-29-25-40(26-30-43)59-60-47-20-14-13-19-42(47)35-56-66(60)71(62(59)41-27-31-44(32-28-41)68(4,5)6)58-34-33-54-65-61(58)70(56)57-39-46(74(10,11)12)37-51-50-36-45(73(7,8)9)38-55(63(50)72(65)64(51)57)69(54)52-23-17-15-21-48(52)49-22-16-18-24-53(49)69/h13-39H,1-12H3. The second kappa shape index (κ2) is 14.3. The zero-order chi connectivity index (χ0) is 50.9. The lowest BCUT2D eigenvalue weighted by Gasteiger charge is -2.44. The van der Waals surface area contributed by atoms with E-state index in [1.54, 1.807) is 0 Å². The summed E-state index contributed by atoms with van der Waals surface area (Å²) in [4.78, 5) is 0. The van der Waals surface area contributed by atoms with E-state index in [0.29, 0.717) is 0 Å². The molecule has 11 aromatic rings. The van der Waals surface area contributed by atoms with Gasteiger partial charge in [-0.2, -0.15) is 0 Å². The third kappa shape index (κ3) is 5.57. The molecule has 3 aliphatic heterocycles. The van der Waals surface area contributed by atoms with Crippen LogP contribution < -0.4 is 26.8 Å². The normalized spacial score (nSPS) is 14.8. The van der Waals surface area contributed by atoms with Gasteiger partial charge in [-0.15, -0.1) is 0 Å². The van der Waals surface area contributed by atoms with Gasteiger partial charge in [0.05, 0.1) is 38.3 Å². The topological polar surface area (TPSA) is 9.86 Å². The molecule has 5 heteroatoms. The molecule has 2 aromatic heterocycles. The van der Waals surface area contributed by atoms with Crippen LogP contribution in [0.3, 0.4) is 0 Å². The predicted molar refractivity (Wildman–Crippen MR) is 325 cm³/mol. The summed E-state index contributed by atoms with van der Waals surface area (Å²) in [6.07, 6.45) is 0. The van der Waals surface area contributed by atoms with Crippen molar-refractivity contribution in [3.63, 3.8) is 0 Å². The molecule has 0 radical (unpaired) electrons. The molecule has 0 saturated heterocycles. The van der Waals surface area contributed by atoms with Gasteiger partial charge in [0.25, 0.3) is 6.71 Å². The van der Waals surface area contributed by atoms with Crippen LogP contribution in [-0.2, 0) is 16.2 Å². The molecular weight excluding hydrogens is 924 g/mol. The minimum Gasteiger partial charge on any atom is -0.310 e. The Morgan fingerprint density at radius 1 is 0.446 bits per heavy atom. The zero-order valence-electron chi connectivity index (χ0n) is 45.1. The Balaban J connectivity index is 1.19. The Bertz CT molecular complexity index is 4280. The number of aromatic nitrogens is 2. The van der Waals surface area contributed by atoms with Gasteiger partial charge in [0.2, 0.25) is 0 Å². The van der Waals surface area contributed by atoms with Crippen molar-refractivity contribution in [3.05, 3.63) is 197 Å². The van der Waals surface area contributed by atoms with Crippen molar-refractivity contribution in [2.24, 2.45) is 0 Å². The first-order valence-electron chi connectivity index (χ1n) is 27.1. The van der Waals surface area contributed by atoms with Gasteiger partial charge in [0.15, 0.2) is 0 Å². The smallest absolute Gasteiger partial charge is 0.252 e. The summed E-state index contributed by atoms with van der Waals surface area (Å²) in [6.45, 7) is 29.2. The third-order valence-corrected chi connectivity index (χ3v) is 22.1. The molecule has 0 bridgehead atoms. The molecule has 9 aromatic carbocycles. The van der Waals surface area contributed by atoms with E-state index < -0.39 is 21.6 Å². The first kappa shape index (κ1) is 44.6. The molecule has 0 unspecified atom stereocenters. The largest absolute Gasteiger partial charge is 0.310 e. The molecule has 0 fully saturated rings. The van der Waals surface area contributed by atoms with Crippen molar-refractivity contribution < 1.29 is 0 Å². The van der Waals surface area contributed by atoms with E-state index in [1.807, 2.05) is 0 Å². The lowest BCUT2D eigenvalue weighted by Crippen LogP contribution is -2.61. The molecular formula is C69H63BN2Si2. The number of rotatable bonds is 4. The monoisotopic (exact) mass is 986 g/mol. The van der Waals surface area contributed by atoms with Gasteiger partial charge in [0, 0.05) is 38.6 Å². The van der Waals surface area contributed by atoms with Crippen molar-refractivity contribution in [1.82, 2.24) is 9.13 Å². The first-order valence-corrected chi connectivity index (χ1v) is 34.1. The third-order valence-electron chi connectivity index (χ3n) is 18.1. The fourth-order valence-electron chi connectivity index (χ4n) is 14.4. The maximum atomic E-state index is 2.81. The van der Waals surface area contributed by atoms with Crippen LogP contribution in [0.25, 0.3) is 88.4 Å². The van der Waals surface area contributed by atoms with Crippen LogP contribution in [-0.4, -0.2) is 32.0 Å². The molecule has 0 amide bonds. The number of nitrogens with zero attached hydrogens (tertiary/aromatic N) is 2. The molecule has 0 N–H and O–H groups in total. The molecule has 15 rings (SSSR count). The van der Waals surface area contributed by atoms with E-state index in [-0.39, 0.29) is 17.5 Å². The minimum absolute atomic E-state index is 0.000691. The molecule has 4 aliphatic rings. The highest BCUT2D eigenvalue weighted by Crippen LogP contribution is 2.62. The Morgan fingerprint density at radius 2 is 0.986 bits per heavy atom. The average molecular weight is 987 g/mol. The van der Waals surface area contributed by atoms with E-state index in [2.05, 4.69) is 254 Å². The summed E-state index contributed by atoms with van der Waals surface area (Å²) in [6, 6.07) is 65.8. The van der Waals surface area contributed by atoms with E-state index >= 15 is 0 Å². The van der Waals surface area contributed by atoms with Gasteiger partial charge in [0.1, 0.15) is 0 Å². The van der Waals surface area contributed by atoms with Gasteiger partial charge < -0.3 is 9.13 Å². The average Bonchev–Trinajstić information content (AvgIpc) is 4.21. The van der Waals surface area contributed by atoms with Gasteiger partial charge >= 0.3 is 0 Å². The van der Waals surface area contributed by atoms with Gasteiger partial charge in [-0.3, -0.25) is 0 Å². The second-order valence-electron chi connectivity index (χ2n) is 26.5. The van der Waals surface area contributed by atoms with Crippen molar-refractivity contribution in [2.75, 3.05) is 0 Å². The van der Waals surface area contributed by atoms with Crippen molar-refractivity contribution in [2.45, 2.75) is 97.1 Å². The Kier molecular flexibility index (Phi) is 8.59. The van der Waals surface area contributed by atoms with Gasteiger partial charge in [-0.25, -0.2) is 0 Å². The van der Waals surface area contributed by atoms with E-state index in [4.69, 9.17) is 0 Å².